The molecule has 150 valence electrons. The Morgan fingerprint density at radius 1 is 1.21 bits per heavy atom. The summed E-state index contributed by atoms with van der Waals surface area (Å²) in [6.45, 7) is 2.91. The van der Waals surface area contributed by atoms with E-state index in [2.05, 4.69) is 10.3 Å². The smallest absolute Gasteiger partial charge is 0.271 e. The molecule has 29 heavy (non-hydrogen) atoms. The minimum absolute atomic E-state index is 0.0677. The summed E-state index contributed by atoms with van der Waals surface area (Å²) in [4.78, 5) is 32.2. The number of aryl methyl sites for hydroxylation is 2. The van der Waals surface area contributed by atoms with Crippen LogP contribution in [0, 0.1) is 0 Å². The van der Waals surface area contributed by atoms with Crippen LogP contribution in [0.1, 0.15) is 52.3 Å². The van der Waals surface area contributed by atoms with Gasteiger partial charge in [0.25, 0.3) is 11.5 Å². The zero-order valence-corrected chi connectivity index (χ0v) is 16.9. The number of amides is 1. The average molecular weight is 411 g/mol. The maximum Gasteiger partial charge on any atom is 0.271 e. The number of carbonyl (C=O) groups is 1. The van der Waals surface area contributed by atoms with Crippen LogP contribution in [-0.4, -0.2) is 28.5 Å². The Balaban J connectivity index is 1.42. The van der Waals surface area contributed by atoms with Gasteiger partial charge < -0.3 is 14.8 Å². The van der Waals surface area contributed by atoms with E-state index in [1.165, 1.54) is 11.1 Å². The molecule has 1 aromatic carbocycles. The molecular formula is C21H21N3O4S. The van der Waals surface area contributed by atoms with Crippen molar-refractivity contribution in [2.45, 2.75) is 38.6 Å². The van der Waals surface area contributed by atoms with Gasteiger partial charge in [0.15, 0.2) is 16.5 Å². The van der Waals surface area contributed by atoms with Crippen molar-refractivity contribution in [2.75, 3.05) is 13.2 Å². The number of ether oxygens (including phenoxy) is 2. The number of benzene rings is 1. The minimum atomic E-state index is -0.421. The van der Waals surface area contributed by atoms with E-state index in [0.717, 1.165) is 36.9 Å². The third-order valence-electron chi connectivity index (χ3n) is 5.46. The molecule has 1 aliphatic heterocycles. The van der Waals surface area contributed by atoms with Gasteiger partial charge in [-0.3, -0.25) is 14.0 Å². The number of nitrogens with zero attached hydrogens (tertiary/aromatic N) is 2. The minimum Gasteiger partial charge on any atom is -0.486 e. The number of fused-ring (bicyclic) bond motifs is 4. The maximum atomic E-state index is 13.0. The Labute approximate surface area is 171 Å². The first-order chi connectivity index (χ1) is 14.1. The fourth-order valence-corrected chi connectivity index (χ4v) is 5.08. The molecule has 8 heteroatoms. The average Bonchev–Trinajstić information content (AvgIpc) is 3.13. The molecule has 0 fully saturated rings. The van der Waals surface area contributed by atoms with E-state index in [4.69, 9.17) is 9.47 Å². The molecule has 1 amide bonds. The molecule has 3 heterocycles. The van der Waals surface area contributed by atoms with Gasteiger partial charge in [-0.2, -0.15) is 0 Å². The van der Waals surface area contributed by atoms with Crippen molar-refractivity contribution >= 4 is 22.2 Å². The van der Waals surface area contributed by atoms with Crippen LogP contribution in [0.25, 0.3) is 4.96 Å². The summed E-state index contributed by atoms with van der Waals surface area (Å²) in [7, 11) is 0. The van der Waals surface area contributed by atoms with Crippen LogP contribution in [0.2, 0.25) is 0 Å². The molecule has 1 N–H and O–H groups in total. The number of hydrogen-bond donors (Lipinski definition) is 1. The number of thiazole rings is 1. The van der Waals surface area contributed by atoms with Gasteiger partial charge in [0, 0.05) is 16.8 Å². The van der Waals surface area contributed by atoms with Crippen LogP contribution >= 0.6 is 11.3 Å². The third-order valence-corrected chi connectivity index (χ3v) is 6.62. The molecule has 0 bridgehead atoms. The summed E-state index contributed by atoms with van der Waals surface area (Å²) < 4.78 is 12.8. The highest BCUT2D eigenvalue weighted by Crippen LogP contribution is 2.32. The second-order valence-corrected chi connectivity index (χ2v) is 8.43. The lowest BCUT2D eigenvalue weighted by Gasteiger charge is -2.21. The number of hydrogen-bond acceptors (Lipinski definition) is 6. The zero-order chi connectivity index (χ0) is 20.0. The quantitative estimate of drug-likeness (QED) is 0.717. The van der Waals surface area contributed by atoms with Crippen molar-refractivity contribution in [3.8, 4) is 11.5 Å². The van der Waals surface area contributed by atoms with Crippen molar-refractivity contribution in [3.05, 3.63) is 56.4 Å². The molecule has 1 aliphatic carbocycles. The highest BCUT2D eigenvalue weighted by molar-refractivity contribution is 7.17. The normalized spacial score (nSPS) is 16.3. The van der Waals surface area contributed by atoms with Crippen LogP contribution in [-0.2, 0) is 12.8 Å². The topological polar surface area (TPSA) is 81.9 Å². The first-order valence-corrected chi connectivity index (χ1v) is 10.7. The van der Waals surface area contributed by atoms with Gasteiger partial charge in [-0.25, -0.2) is 4.98 Å². The highest BCUT2D eigenvalue weighted by atomic mass is 32.1. The van der Waals surface area contributed by atoms with E-state index >= 15 is 0 Å². The van der Waals surface area contributed by atoms with Crippen molar-refractivity contribution in [3.63, 3.8) is 0 Å². The molecule has 0 saturated carbocycles. The Kier molecular flexibility index (Phi) is 4.50. The Morgan fingerprint density at radius 2 is 2.00 bits per heavy atom. The van der Waals surface area contributed by atoms with E-state index in [9.17, 15) is 9.59 Å². The number of rotatable bonds is 3. The van der Waals surface area contributed by atoms with Gasteiger partial charge >= 0.3 is 0 Å². The first kappa shape index (κ1) is 18.2. The van der Waals surface area contributed by atoms with Crippen molar-refractivity contribution in [2.24, 2.45) is 0 Å². The lowest BCUT2D eigenvalue weighted by molar-refractivity contribution is 0.0937. The van der Waals surface area contributed by atoms with Gasteiger partial charge in [-0.15, -0.1) is 11.3 Å². The van der Waals surface area contributed by atoms with E-state index in [1.807, 2.05) is 25.1 Å². The van der Waals surface area contributed by atoms with Gasteiger partial charge in [0.1, 0.15) is 18.8 Å². The first-order valence-electron chi connectivity index (χ1n) is 9.84. The predicted molar refractivity (Wildman–Crippen MR) is 109 cm³/mol. The zero-order valence-electron chi connectivity index (χ0n) is 16.1. The summed E-state index contributed by atoms with van der Waals surface area (Å²) in [5.41, 5.74) is 1.67. The van der Waals surface area contributed by atoms with E-state index in [1.54, 1.807) is 15.7 Å². The summed E-state index contributed by atoms with van der Waals surface area (Å²) in [5, 5.41) is 2.91. The van der Waals surface area contributed by atoms with Gasteiger partial charge in [-0.05, 0) is 50.3 Å². The van der Waals surface area contributed by atoms with Gasteiger partial charge in [0.05, 0.1) is 6.04 Å². The Bertz CT molecular complexity index is 1170. The lowest BCUT2D eigenvalue weighted by Crippen LogP contribution is -2.33. The standard InChI is InChI=1S/C21H21N3O4S/c1-12(13-6-7-16-17(10-13)28-9-8-27-16)23-19(25)14-11-22-21-24(20(14)26)15-4-2-3-5-18(15)29-21/h6-7,10-12H,2-5,8-9H2,1H3,(H,23,25)/t12-/m1/s1. The van der Waals surface area contributed by atoms with Crippen molar-refractivity contribution < 1.29 is 14.3 Å². The largest absolute Gasteiger partial charge is 0.486 e. The molecule has 2 aromatic heterocycles. The predicted octanol–water partition coefficient (Wildman–Crippen LogP) is 2.90. The molecule has 2 aliphatic rings. The highest BCUT2D eigenvalue weighted by Gasteiger charge is 2.23. The summed E-state index contributed by atoms with van der Waals surface area (Å²) >= 11 is 1.55. The van der Waals surface area contributed by atoms with E-state index in [-0.39, 0.29) is 17.2 Å². The molecule has 3 aromatic rings. The van der Waals surface area contributed by atoms with Crippen molar-refractivity contribution in [1.29, 1.82) is 0 Å². The molecule has 0 spiro atoms. The Hall–Kier alpha value is -2.87. The fourth-order valence-electron chi connectivity index (χ4n) is 3.91. The summed E-state index contributed by atoms with van der Waals surface area (Å²) in [6, 6.07) is 5.30. The Morgan fingerprint density at radius 3 is 2.86 bits per heavy atom. The lowest BCUT2D eigenvalue weighted by atomic mass is 10.0. The van der Waals surface area contributed by atoms with Crippen LogP contribution in [0.3, 0.4) is 0 Å². The van der Waals surface area contributed by atoms with Crippen LogP contribution in [0.4, 0.5) is 0 Å². The number of carbonyl (C=O) groups excluding carboxylic acids is 1. The molecule has 5 rings (SSSR count). The van der Waals surface area contributed by atoms with E-state index < -0.39 is 5.91 Å². The number of aromatic nitrogens is 2. The maximum absolute atomic E-state index is 13.0. The molecular weight excluding hydrogens is 390 g/mol. The molecule has 0 unspecified atom stereocenters. The molecule has 0 saturated heterocycles. The number of nitrogens with one attached hydrogen (secondary N) is 1. The fraction of sp³-hybridized carbons (Fsp3) is 0.381. The van der Waals surface area contributed by atoms with Crippen LogP contribution in [0.15, 0.2) is 29.2 Å². The monoisotopic (exact) mass is 411 g/mol. The van der Waals surface area contributed by atoms with Crippen molar-refractivity contribution in [1.82, 2.24) is 14.7 Å². The van der Waals surface area contributed by atoms with Gasteiger partial charge in [0.2, 0.25) is 0 Å². The molecule has 1 atom stereocenters. The second kappa shape index (κ2) is 7.18. The molecule has 7 nitrogen and oxygen atoms in total. The van der Waals surface area contributed by atoms with Crippen LogP contribution < -0.4 is 20.3 Å². The molecule has 0 radical (unpaired) electrons. The van der Waals surface area contributed by atoms with Crippen LogP contribution in [0.5, 0.6) is 11.5 Å². The summed E-state index contributed by atoms with van der Waals surface area (Å²) in [5.74, 6) is 0.951. The SMILES string of the molecule is C[C@@H](NC(=O)c1cnc2sc3c(n2c1=O)CCCC3)c1ccc2c(c1)OCCO2. The summed E-state index contributed by atoms with van der Waals surface area (Å²) in [6.07, 6.45) is 5.42. The second-order valence-electron chi connectivity index (χ2n) is 7.37. The van der Waals surface area contributed by atoms with E-state index in [0.29, 0.717) is 29.7 Å². The third kappa shape index (κ3) is 3.17. The van der Waals surface area contributed by atoms with Gasteiger partial charge in [-0.1, -0.05) is 6.07 Å².